The maximum Gasteiger partial charge on any atom is 0.416 e. The number of rotatable bonds is 2. The highest BCUT2D eigenvalue weighted by atomic mass is 79.9. The van der Waals surface area contributed by atoms with Gasteiger partial charge in [0.1, 0.15) is 0 Å². The minimum absolute atomic E-state index is 0.0103. The predicted octanol–water partition coefficient (Wildman–Crippen LogP) is 3.90. The number of carbonyl (C=O) groups excluding carboxylic acids is 1. The SMILES string of the molecule is Nc1cc(C(F)(F)F)ccc1NC(=O)c1ccc(Br)o1. The predicted molar refractivity (Wildman–Crippen MR) is 70.2 cm³/mol. The second kappa shape index (κ2) is 5.20. The summed E-state index contributed by atoms with van der Waals surface area (Å²) in [7, 11) is 0. The molecule has 1 aromatic heterocycles. The second-order valence-electron chi connectivity index (χ2n) is 3.86. The Hall–Kier alpha value is -1.96. The van der Waals surface area contributed by atoms with Gasteiger partial charge in [-0.3, -0.25) is 4.79 Å². The first-order chi connectivity index (χ1) is 9.27. The third-order valence-corrected chi connectivity index (χ3v) is 2.85. The number of nitrogens with two attached hydrogens (primary N) is 1. The van der Waals surface area contributed by atoms with E-state index in [0.29, 0.717) is 4.67 Å². The number of benzene rings is 1. The summed E-state index contributed by atoms with van der Waals surface area (Å²) in [5.41, 5.74) is 4.51. The molecule has 0 aliphatic heterocycles. The summed E-state index contributed by atoms with van der Waals surface area (Å²) in [4.78, 5) is 11.8. The lowest BCUT2D eigenvalue weighted by atomic mass is 10.1. The molecule has 2 rings (SSSR count). The molecular weight excluding hydrogens is 341 g/mol. The molecule has 0 fully saturated rings. The molecule has 1 aromatic carbocycles. The maximum absolute atomic E-state index is 12.5. The van der Waals surface area contributed by atoms with Crippen molar-refractivity contribution in [2.75, 3.05) is 11.1 Å². The number of amides is 1. The molecule has 4 nitrogen and oxygen atoms in total. The molecule has 0 radical (unpaired) electrons. The van der Waals surface area contributed by atoms with Crippen LogP contribution < -0.4 is 11.1 Å². The number of carbonyl (C=O) groups is 1. The molecule has 1 amide bonds. The molecule has 0 saturated carbocycles. The van der Waals surface area contributed by atoms with Crippen molar-refractivity contribution in [3.63, 3.8) is 0 Å². The first-order valence-corrected chi connectivity index (χ1v) is 6.10. The second-order valence-corrected chi connectivity index (χ2v) is 4.64. The highest BCUT2D eigenvalue weighted by molar-refractivity contribution is 9.10. The van der Waals surface area contributed by atoms with E-state index in [0.717, 1.165) is 18.2 Å². The summed E-state index contributed by atoms with van der Waals surface area (Å²) in [5, 5.41) is 2.37. The van der Waals surface area contributed by atoms with E-state index in [1.165, 1.54) is 12.1 Å². The third-order valence-electron chi connectivity index (χ3n) is 2.42. The molecule has 20 heavy (non-hydrogen) atoms. The number of furan rings is 1. The average molecular weight is 349 g/mol. The van der Waals surface area contributed by atoms with Gasteiger partial charge >= 0.3 is 6.18 Å². The largest absolute Gasteiger partial charge is 0.444 e. The highest BCUT2D eigenvalue weighted by Crippen LogP contribution is 2.33. The molecule has 2 aromatic rings. The Kier molecular flexibility index (Phi) is 3.76. The Morgan fingerprint density at radius 1 is 1.25 bits per heavy atom. The van der Waals surface area contributed by atoms with Crippen molar-refractivity contribution >= 4 is 33.2 Å². The Morgan fingerprint density at radius 2 is 1.95 bits per heavy atom. The molecule has 8 heteroatoms. The molecule has 0 bridgehead atoms. The fraction of sp³-hybridized carbons (Fsp3) is 0.0833. The number of halogens is 4. The molecule has 0 saturated heterocycles. The van der Waals surface area contributed by atoms with Gasteiger partial charge in [0.25, 0.3) is 5.91 Å². The topological polar surface area (TPSA) is 68.3 Å². The van der Waals surface area contributed by atoms with Crippen molar-refractivity contribution in [2.45, 2.75) is 6.18 Å². The van der Waals surface area contributed by atoms with E-state index in [1.807, 2.05) is 0 Å². The Morgan fingerprint density at radius 3 is 2.45 bits per heavy atom. The lowest BCUT2D eigenvalue weighted by Crippen LogP contribution is -2.13. The third kappa shape index (κ3) is 3.13. The van der Waals surface area contributed by atoms with Gasteiger partial charge in [-0.1, -0.05) is 0 Å². The Bertz CT molecular complexity index is 652. The van der Waals surface area contributed by atoms with E-state index in [4.69, 9.17) is 10.2 Å². The van der Waals surface area contributed by atoms with Gasteiger partial charge in [0.15, 0.2) is 10.4 Å². The maximum atomic E-state index is 12.5. The Labute approximate surface area is 119 Å². The number of alkyl halides is 3. The lowest BCUT2D eigenvalue weighted by molar-refractivity contribution is -0.137. The van der Waals surface area contributed by atoms with Crippen molar-refractivity contribution in [1.82, 2.24) is 0 Å². The van der Waals surface area contributed by atoms with Crippen LogP contribution in [0.1, 0.15) is 16.1 Å². The first kappa shape index (κ1) is 14.4. The fourth-order valence-corrected chi connectivity index (χ4v) is 1.78. The van der Waals surface area contributed by atoms with E-state index in [1.54, 1.807) is 0 Å². The lowest BCUT2D eigenvalue weighted by Gasteiger charge is -2.11. The van der Waals surface area contributed by atoms with Gasteiger partial charge < -0.3 is 15.5 Å². The van der Waals surface area contributed by atoms with E-state index in [-0.39, 0.29) is 17.1 Å². The molecule has 106 valence electrons. The van der Waals surface area contributed by atoms with Crippen LogP contribution in [0.25, 0.3) is 0 Å². The molecular formula is C12H8BrF3N2O2. The van der Waals surface area contributed by atoms with E-state index < -0.39 is 17.6 Å². The van der Waals surface area contributed by atoms with Crippen LogP contribution in [0, 0.1) is 0 Å². The van der Waals surface area contributed by atoms with Crippen LogP contribution >= 0.6 is 15.9 Å². The zero-order valence-corrected chi connectivity index (χ0v) is 11.4. The normalized spacial score (nSPS) is 11.4. The van der Waals surface area contributed by atoms with Gasteiger partial charge in [0.2, 0.25) is 0 Å². The van der Waals surface area contributed by atoms with Crippen molar-refractivity contribution in [1.29, 1.82) is 0 Å². The summed E-state index contributed by atoms with van der Waals surface area (Å²) < 4.78 is 42.8. The van der Waals surface area contributed by atoms with E-state index >= 15 is 0 Å². The highest BCUT2D eigenvalue weighted by Gasteiger charge is 2.30. The van der Waals surface area contributed by atoms with Crippen molar-refractivity contribution in [2.24, 2.45) is 0 Å². The van der Waals surface area contributed by atoms with Crippen LogP contribution in [-0.4, -0.2) is 5.91 Å². The Balaban J connectivity index is 2.20. The van der Waals surface area contributed by atoms with Gasteiger partial charge in [0.05, 0.1) is 16.9 Å². The summed E-state index contributed by atoms with van der Waals surface area (Å²) in [6.45, 7) is 0. The molecule has 3 N–H and O–H groups in total. The quantitative estimate of drug-likeness (QED) is 0.809. The summed E-state index contributed by atoms with van der Waals surface area (Å²) in [5.74, 6) is -0.599. The average Bonchev–Trinajstić information content (AvgIpc) is 2.77. The first-order valence-electron chi connectivity index (χ1n) is 5.31. The van der Waals surface area contributed by atoms with Gasteiger partial charge in [-0.15, -0.1) is 0 Å². The number of nitrogen functional groups attached to an aromatic ring is 1. The van der Waals surface area contributed by atoms with Crippen LogP contribution in [0.15, 0.2) is 39.4 Å². The molecule has 0 aliphatic carbocycles. The minimum Gasteiger partial charge on any atom is -0.444 e. The van der Waals surface area contributed by atoms with Crippen LogP contribution in [0.3, 0.4) is 0 Å². The van der Waals surface area contributed by atoms with Gasteiger partial charge in [-0.2, -0.15) is 13.2 Å². The smallest absolute Gasteiger partial charge is 0.416 e. The van der Waals surface area contributed by atoms with Gasteiger partial charge in [0, 0.05) is 0 Å². The fourth-order valence-electron chi connectivity index (χ4n) is 1.47. The molecule has 0 spiro atoms. The zero-order chi connectivity index (χ0) is 14.9. The standard InChI is InChI=1S/C12H8BrF3N2O2/c13-10-4-3-9(20-10)11(19)18-8-2-1-6(5-7(8)17)12(14,15)16/h1-5H,17H2,(H,18,19). The number of hydrogen-bond donors (Lipinski definition) is 2. The summed E-state index contributed by atoms with van der Waals surface area (Å²) >= 11 is 3.04. The van der Waals surface area contributed by atoms with Crippen LogP contribution in [0.5, 0.6) is 0 Å². The minimum atomic E-state index is -4.48. The van der Waals surface area contributed by atoms with Crippen LogP contribution in [0.2, 0.25) is 0 Å². The van der Waals surface area contributed by atoms with Crippen LogP contribution in [-0.2, 0) is 6.18 Å². The van der Waals surface area contributed by atoms with E-state index in [9.17, 15) is 18.0 Å². The van der Waals surface area contributed by atoms with Crippen molar-refractivity contribution in [3.05, 3.63) is 46.3 Å². The molecule has 0 aliphatic rings. The monoisotopic (exact) mass is 348 g/mol. The van der Waals surface area contributed by atoms with Gasteiger partial charge in [-0.05, 0) is 46.3 Å². The van der Waals surface area contributed by atoms with E-state index in [2.05, 4.69) is 21.2 Å². The molecule has 1 heterocycles. The number of hydrogen-bond acceptors (Lipinski definition) is 3. The number of anilines is 2. The van der Waals surface area contributed by atoms with Gasteiger partial charge in [-0.25, -0.2) is 0 Å². The molecule has 0 atom stereocenters. The van der Waals surface area contributed by atoms with Crippen molar-refractivity contribution < 1.29 is 22.4 Å². The molecule has 0 unspecified atom stereocenters. The summed E-state index contributed by atoms with van der Waals surface area (Å²) in [6, 6.07) is 5.62. The van der Waals surface area contributed by atoms with Crippen LogP contribution in [0.4, 0.5) is 24.5 Å². The number of nitrogens with one attached hydrogen (secondary N) is 1. The van der Waals surface area contributed by atoms with Crippen molar-refractivity contribution in [3.8, 4) is 0 Å². The zero-order valence-electron chi connectivity index (χ0n) is 9.79. The summed E-state index contributed by atoms with van der Waals surface area (Å²) in [6.07, 6.45) is -4.48.